The van der Waals surface area contributed by atoms with Gasteiger partial charge in [-0.15, -0.1) is 0 Å². The molecule has 0 bridgehead atoms. The van der Waals surface area contributed by atoms with Crippen LogP contribution in [0.1, 0.15) is 53.2 Å². The molecule has 0 spiro atoms. The van der Waals surface area contributed by atoms with Crippen molar-refractivity contribution in [3.63, 3.8) is 0 Å². The number of nitrogens with zero attached hydrogens (tertiary/aromatic N) is 4. The highest BCUT2D eigenvalue weighted by Gasteiger charge is 2.41. The lowest BCUT2D eigenvalue weighted by molar-refractivity contribution is -0.136. The lowest BCUT2D eigenvalue weighted by Gasteiger charge is -2.35. The lowest BCUT2D eigenvalue weighted by Crippen LogP contribution is -2.52. The molecule has 6 rings (SSSR count). The summed E-state index contributed by atoms with van der Waals surface area (Å²) in [6, 6.07) is 8.58. The number of ether oxygens (including phenoxy) is 1. The molecular formula is C28H29FN6O5. The van der Waals surface area contributed by atoms with E-state index in [9.17, 15) is 19.2 Å². The number of hydrogen-bond donors (Lipinski definition) is 2. The first-order chi connectivity index (χ1) is 19.2. The Hall–Kier alpha value is -4.48. The van der Waals surface area contributed by atoms with Crippen LogP contribution >= 0.6 is 0 Å². The van der Waals surface area contributed by atoms with Crippen LogP contribution in [0.2, 0.25) is 0 Å². The Labute approximate surface area is 229 Å². The molecule has 12 heteroatoms. The van der Waals surface area contributed by atoms with E-state index >= 15 is 4.39 Å². The van der Waals surface area contributed by atoms with E-state index in [2.05, 4.69) is 21.8 Å². The van der Waals surface area contributed by atoms with Gasteiger partial charge in [-0.2, -0.15) is 5.10 Å². The van der Waals surface area contributed by atoms with Gasteiger partial charge in [-0.3, -0.25) is 24.4 Å². The summed E-state index contributed by atoms with van der Waals surface area (Å²) in [6.07, 6.45) is 2.43. The number of fused-ring (bicyclic) bond motifs is 2. The Kier molecular flexibility index (Phi) is 6.40. The average Bonchev–Trinajstić information content (AvgIpc) is 3.46. The molecule has 2 aromatic carbocycles. The Bertz CT molecular complexity index is 1550. The fourth-order valence-corrected chi connectivity index (χ4v) is 5.58. The van der Waals surface area contributed by atoms with Crippen LogP contribution in [0.5, 0.6) is 0 Å². The van der Waals surface area contributed by atoms with Crippen LogP contribution in [0, 0.1) is 5.82 Å². The quantitative estimate of drug-likeness (QED) is 0.454. The van der Waals surface area contributed by atoms with Crippen molar-refractivity contribution in [1.82, 2.24) is 25.3 Å². The number of alkyl carbamates (subject to hydrolysis) is 1. The number of nitrogens with one attached hydrogen (secondary N) is 2. The van der Waals surface area contributed by atoms with Gasteiger partial charge in [0.15, 0.2) is 0 Å². The SMILES string of the molecule is CN(C)c1ccc2cnn(C3CC(OC(=O)NCc4ccc5c(c4F)C(=O)N([C@@H]4CCC(=O)NC4=O)C5)C3)c2c1. The molecule has 1 atom stereocenters. The van der Waals surface area contributed by atoms with E-state index in [1.807, 2.05) is 42.0 Å². The minimum absolute atomic E-state index is 0.0813. The number of amides is 4. The fourth-order valence-electron chi connectivity index (χ4n) is 5.58. The smallest absolute Gasteiger partial charge is 0.407 e. The van der Waals surface area contributed by atoms with Gasteiger partial charge in [0.25, 0.3) is 5.91 Å². The van der Waals surface area contributed by atoms with Crippen molar-refractivity contribution in [1.29, 1.82) is 0 Å². The first kappa shape index (κ1) is 25.8. The molecule has 3 aromatic rings. The Morgan fingerprint density at radius 1 is 1.20 bits per heavy atom. The number of hydrogen-bond acceptors (Lipinski definition) is 7. The number of imide groups is 1. The Morgan fingerprint density at radius 3 is 2.75 bits per heavy atom. The van der Waals surface area contributed by atoms with Gasteiger partial charge in [-0.1, -0.05) is 12.1 Å². The van der Waals surface area contributed by atoms with Gasteiger partial charge in [0.2, 0.25) is 11.8 Å². The number of rotatable bonds is 6. The van der Waals surface area contributed by atoms with Crippen molar-refractivity contribution in [3.05, 3.63) is 59.0 Å². The van der Waals surface area contributed by atoms with Gasteiger partial charge in [0.05, 0.1) is 23.3 Å². The zero-order valence-corrected chi connectivity index (χ0v) is 22.1. The van der Waals surface area contributed by atoms with E-state index in [1.165, 1.54) is 11.0 Å². The highest BCUT2D eigenvalue weighted by atomic mass is 19.1. The maximum atomic E-state index is 15.3. The van der Waals surface area contributed by atoms with E-state index in [1.54, 1.807) is 6.07 Å². The molecule has 0 radical (unpaired) electrons. The van der Waals surface area contributed by atoms with Crippen LogP contribution in [-0.4, -0.2) is 64.7 Å². The van der Waals surface area contributed by atoms with Crippen molar-refractivity contribution in [2.24, 2.45) is 0 Å². The van der Waals surface area contributed by atoms with Gasteiger partial charge in [0, 0.05) is 63.1 Å². The molecule has 2 fully saturated rings. The third kappa shape index (κ3) is 4.52. The summed E-state index contributed by atoms with van der Waals surface area (Å²) in [5.74, 6) is -2.28. The molecule has 2 aliphatic heterocycles. The Morgan fingerprint density at radius 2 is 2.00 bits per heavy atom. The summed E-state index contributed by atoms with van der Waals surface area (Å²) in [4.78, 5) is 52.4. The van der Waals surface area contributed by atoms with E-state index in [4.69, 9.17) is 4.74 Å². The van der Waals surface area contributed by atoms with Crippen LogP contribution < -0.4 is 15.5 Å². The zero-order chi connectivity index (χ0) is 28.1. The van der Waals surface area contributed by atoms with E-state index in [0.717, 1.165) is 16.6 Å². The van der Waals surface area contributed by atoms with E-state index < -0.39 is 29.8 Å². The number of carbonyl (C=O) groups excluding carboxylic acids is 4. The highest BCUT2D eigenvalue weighted by Crippen LogP contribution is 2.37. The molecule has 208 valence electrons. The number of benzene rings is 2. The summed E-state index contributed by atoms with van der Waals surface area (Å²) < 4.78 is 22.8. The summed E-state index contributed by atoms with van der Waals surface area (Å²) >= 11 is 0. The minimum atomic E-state index is -0.824. The summed E-state index contributed by atoms with van der Waals surface area (Å²) in [6.45, 7) is -0.0745. The molecule has 1 aromatic heterocycles. The number of aromatic nitrogens is 2. The zero-order valence-electron chi connectivity index (χ0n) is 22.1. The number of halogens is 1. The molecule has 2 N–H and O–H groups in total. The van der Waals surface area contributed by atoms with Crippen LogP contribution in [0.15, 0.2) is 36.5 Å². The lowest BCUT2D eigenvalue weighted by atomic mass is 9.89. The second kappa shape index (κ2) is 9.92. The van der Waals surface area contributed by atoms with Crippen molar-refractivity contribution < 1.29 is 28.3 Å². The average molecular weight is 549 g/mol. The number of anilines is 1. The van der Waals surface area contributed by atoms with Crippen molar-refractivity contribution in [3.8, 4) is 0 Å². The minimum Gasteiger partial charge on any atom is -0.446 e. The van der Waals surface area contributed by atoms with Crippen molar-refractivity contribution >= 4 is 40.4 Å². The summed E-state index contributed by atoms with van der Waals surface area (Å²) in [5, 5.41) is 10.4. The van der Waals surface area contributed by atoms with Crippen molar-refractivity contribution in [2.45, 2.75) is 57.0 Å². The highest BCUT2D eigenvalue weighted by molar-refractivity contribution is 6.05. The third-order valence-electron chi connectivity index (χ3n) is 7.92. The van der Waals surface area contributed by atoms with Crippen LogP contribution in [-0.2, 0) is 27.4 Å². The van der Waals surface area contributed by atoms with Gasteiger partial charge in [-0.25, -0.2) is 9.18 Å². The predicted molar refractivity (Wildman–Crippen MR) is 142 cm³/mol. The number of carbonyl (C=O) groups is 4. The molecule has 1 saturated carbocycles. The molecule has 11 nitrogen and oxygen atoms in total. The van der Waals surface area contributed by atoms with Crippen molar-refractivity contribution in [2.75, 3.05) is 19.0 Å². The predicted octanol–water partition coefficient (Wildman–Crippen LogP) is 2.63. The monoisotopic (exact) mass is 548 g/mol. The second-order valence-corrected chi connectivity index (χ2v) is 10.7. The molecule has 40 heavy (non-hydrogen) atoms. The van der Waals surface area contributed by atoms with E-state index in [0.29, 0.717) is 18.4 Å². The molecule has 3 aliphatic rings. The topological polar surface area (TPSA) is 126 Å². The maximum absolute atomic E-state index is 15.3. The first-order valence-electron chi connectivity index (χ1n) is 13.2. The van der Waals surface area contributed by atoms with Crippen LogP contribution in [0.25, 0.3) is 10.9 Å². The summed E-state index contributed by atoms with van der Waals surface area (Å²) in [7, 11) is 3.96. The largest absolute Gasteiger partial charge is 0.446 e. The molecule has 1 aliphatic carbocycles. The Balaban J connectivity index is 1.04. The van der Waals surface area contributed by atoms with Gasteiger partial charge in [0.1, 0.15) is 18.0 Å². The normalized spacial score (nSPS) is 22.1. The second-order valence-electron chi connectivity index (χ2n) is 10.7. The van der Waals surface area contributed by atoms with Gasteiger partial charge in [-0.05, 0) is 30.2 Å². The molecule has 0 unspecified atom stereocenters. The molecule has 1 saturated heterocycles. The fraction of sp³-hybridized carbons (Fsp3) is 0.393. The first-order valence-corrected chi connectivity index (χ1v) is 13.2. The standard InChI is InChI=1S/C28H29FN6O5/c1-33(2)18-6-5-15-13-31-35(22(15)11-18)19-9-20(10-19)40-28(39)30-12-16-3-4-17-14-34(27(38)24(17)25(16)29)21-7-8-23(36)32-26(21)37/h3-6,11,13,19-21H,7-10,12,14H2,1-2H3,(H,30,39)(H,32,36,37)/t19?,20?,21-/m1/s1. The molecule has 4 amide bonds. The third-order valence-corrected chi connectivity index (χ3v) is 7.92. The summed E-state index contributed by atoms with van der Waals surface area (Å²) in [5.41, 5.74) is 2.59. The maximum Gasteiger partial charge on any atom is 0.407 e. The molecule has 3 heterocycles. The number of piperidine rings is 1. The van der Waals surface area contributed by atoms with Crippen LogP contribution in [0.3, 0.4) is 0 Å². The van der Waals surface area contributed by atoms with Crippen LogP contribution in [0.4, 0.5) is 14.9 Å². The van der Waals surface area contributed by atoms with Gasteiger partial charge < -0.3 is 19.9 Å². The van der Waals surface area contributed by atoms with Gasteiger partial charge >= 0.3 is 6.09 Å². The van der Waals surface area contributed by atoms with E-state index in [-0.39, 0.29) is 55.1 Å². The molecular weight excluding hydrogens is 519 g/mol.